The topological polar surface area (TPSA) is 29.5 Å². The number of hydrogen-bond acceptors (Lipinski definition) is 2. The van der Waals surface area contributed by atoms with E-state index in [0.29, 0.717) is 13.0 Å². The molecule has 0 saturated carbocycles. The molecule has 5 rings (SSSR count). The van der Waals surface area contributed by atoms with Crippen molar-refractivity contribution >= 4 is 11.6 Å². The van der Waals surface area contributed by atoms with E-state index in [2.05, 4.69) is 25.1 Å². The highest BCUT2D eigenvalue weighted by Crippen LogP contribution is 2.50. The maximum absolute atomic E-state index is 13.6. The zero-order valence-electron chi connectivity index (χ0n) is 21.9. The fourth-order valence-electron chi connectivity index (χ4n) is 5.77. The Balaban J connectivity index is 1.41. The van der Waals surface area contributed by atoms with Gasteiger partial charge in [0.15, 0.2) is 0 Å². The van der Waals surface area contributed by atoms with Gasteiger partial charge in [-0.15, -0.1) is 0 Å². The fraction of sp³-hybridized carbons (Fsp3) is 0.265. The number of benzene rings is 4. The van der Waals surface area contributed by atoms with Crippen molar-refractivity contribution in [3.8, 4) is 5.75 Å². The molecule has 1 fully saturated rings. The van der Waals surface area contributed by atoms with Gasteiger partial charge in [-0.1, -0.05) is 85.3 Å². The van der Waals surface area contributed by atoms with Crippen molar-refractivity contribution in [2.45, 2.75) is 51.2 Å². The van der Waals surface area contributed by atoms with E-state index >= 15 is 0 Å². The van der Waals surface area contributed by atoms with Crippen LogP contribution in [0.1, 0.15) is 49.3 Å². The number of carbonyl (C=O) groups is 1. The molecule has 1 aliphatic rings. The highest BCUT2D eigenvalue weighted by molar-refractivity contribution is 5.98. The molecule has 2 atom stereocenters. The highest BCUT2D eigenvalue weighted by Gasteiger charge is 2.52. The maximum atomic E-state index is 13.6. The second-order valence-corrected chi connectivity index (χ2v) is 10.3. The lowest BCUT2D eigenvalue weighted by molar-refractivity contribution is -0.117. The Morgan fingerprint density at radius 3 is 2.21 bits per heavy atom. The van der Waals surface area contributed by atoms with Gasteiger partial charge in [0.25, 0.3) is 0 Å². The summed E-state index contributed by atoms with van der Waals surface area (Å²) >= 11 is 0. The van der Waals surface area contributed by atoms with Gasteiger partial charge in [0.1, 0.15) is 18.2 Å². The Morgan fingerprint density at radius 1 is 0.816 bits per heavy atom. The molecule has 1 heterocycles. The minimum Gasteiger partial charge on any atom is -0.489 e. The van der Waals surface area contributed by atoms with Crippen molar-refractivity contribution in [2.75, 3.05) is 4.90 Å². The molecule has 0 aliphatic carbocycles. The minimum absolute atomic E-state index is 0.130. The van der Waals surface area contributed by atoms with Gasteiger partial charge in [-0.05, 0) is 73.6 Å². The molecule has 4 heteroatoms. The van der Waals surface area contributed by atoms with Crippen LogP contribution >= 0.6 is 0 Å². The van der Waals surface area contributed by atoms with Crippen LogP contribution in [0.4, 0.5) is 10.1 Å². The summed E-state index contributed by atoms with van der Waals surface area (Å²) in [7, 11) is 0. The van der Waals surface area contributed by atoms with E-state index in [4.69, 9.17) is 4.74 Å². The number of unbranched alkanes of at least 4 members (excludes halogenated alkanes) is 1. The van der Waals surface area contributed by atoms with E-state index in [0.717, 1.165) is 53.8 Å². The van der Waals surface area contributed by atoms with Gasteiger partial charge < -0.3 is 9.64 Å². The molecule has 0 aromatic heterocycles. The minimum atomic E-state index is -0.554. The summed E-state index contributed by atoms with van der Waals surface area (Å²) in [5, 5.41) is 0. The second kappa shape index (κ2) is 11.6. The first kappa shape index (κ1) is 25.7. The molecule has 0 spiro atoms. The summed E-state index contributed by atoms with van der Waals surface area (Å²) in [6.45, 7) is 2.66. The van der Waals surface area contributed by atoms with E-state index < -0.39 is 5.54 Å². The molecular weight excluding hydrogens is 473 g/mol. The first-order valence-corrected chi connectivity index (χ1v) is 13.4. The Bertz CT molecular complexity index is 1340. The summed E-state index contributed by atoms with van der Waals surface area (Å²) in [5.41, 5.74) is 3.64. The second-order valence-electron chi connectivity index (χ2n) is 10.3. The molecule has 1 saturated heterocycles. The van der Waals surface area contributed by atoms with Crippen LogP contribution < -0.4 is 9.64 Å². The molecule has 0 N–H and O–H groups in total. The number of para-hydroxylation sites is 2. The molecule has 194 valence electrons. The van der Waals surface area contributed by atoms with Gasteiger partial charge in [-0.3, -0.25) is 4.79 Å². The summed E-state index contributed by atoms with van der Waals surface area (Å²) in [5.74, 6) is 0.874. The van der Waals surface area contributed by atoms with Crippen molar-refractivity contribution in [1.29, 1.82) is 0 Å². The lowest BCUT2D eigenvalue weighted by atomic mass is 9.77. The number of carbonyl (C=O) groups excluding carboxylic acids is 1. The zero-order valence-corrected chi connectivity index (χ0v) is 21.9. The molecule has 4 aromatic rings. The molecule has 4 aromatic carbocycles. The number of anilines is 1. The standard InChI is InChI=1S/C34H34FNO2/c1-34(31-18-10-11-19-32(31)38-25-27-13-4-2-5-14-27)28(15-9-8-12-26-20-22-29(35)23-21-26)24-33(37)36(34)30-16-6-3-7-17-30/h2-7,10-11,13-14,16-23,28H,8-9,12,15,24-25H2,1H3/t28?,34-/m0/s1. The molecule has 38 heavy (non-hydrogen) atoms. The highest BCUT2D eigenvalue weighted by atomic mass is 19.1. The lowest BCUT2D eigenvalue weighted by Gasteiger charge is -2.41. The Hall–Kier alpha value is -3.92. The Kier molecular flexibility index (Phi) is 7.88. The quantitative estimate of drug-likeness (QED) is 0.203. The lowest BCUT2D eigenvalue weighted by Crippen LogP contribution is -2.44. The van der Waals surface area contributed by atoms with Crippen LogP contribution in [0.5, 0.6) is 5.75 Å². The van der Waals surface area contributed by atoms with E-state index in [1.54, 1.807) is 0 Å². The number of nitrogens with zero attached hydrogens (tertiary/aromatic N) is 1. The number of rotatable bonds is 10. The third-order valence-electron chi connectivity index (χ3n) is 7.80. The number of hydrogen-bond donors (Lipinski definition) is 0. The van der Waals surface area contributed by atoms with Crippen LogP contribution in [0, 0.1) is 11.7 Å². The normalized spacial score (nSPS) is 19.1. The van der Waals surface area contributed by atoms with E-state index in [-0.39, 0.29) is 17.6 Å². The SMILES string of the molecule is C[C@@]1(c2ccccc2OCc2ccccc2)C(CCCCc2ccc(F)cc2)CC(=O)N1c1ccccc1. The van der Waals surface area contributed by atoms with Crippen molar-refractivity contribution in [2.24, 2.45) is 5.92 Å². The molecular formula is C34H34FNO2. The number of halogens is 1. The van der Waals surface area contributed by atoms with Gasteiger partial charge in [-0.25, -0.2) is 4.39 Å². The first-order chi connectivity index (χ1) is 18.6. The summed E-state index contributed by atoms with van der Waals surface area (Å²) in [6, 6.07) is 35.0. The Morgan fingerprint density at radius 2 is 1.47 bits per heavy atom. The largest absolute Gasteiger partial charge is 0.489 e. The first-order valence-electron chi connectivity index (χ1n) is 13.4. The monoisotopic (exact) mass is 507 g/mol. The fourth-order valence-corrected chi connectivity index (χ4v) is 5.77. The molecule has 1 amide bonds. The van der Waals surface area contributed by atoms with Crippen LogP contribution in [-0.2, 0) is 23.4 Å². The summed E-state index contributed by atoms with van der Waals surface area (Å²) < 4.78 is 19.7. The van der Waals surface area contributed by atoms with Gasteiger partial charge in [0, 0.05) is 17.7 Å². The average Bonchev–Trinajstić information content (AvgIpc) is 3.21. The summed E-state index contributed by atoms with van der Waals surface area (Å²) in [6.07, 6.45) is 4.29. The van der Waals surface area contributed by atoms with Crippen LogP contribution in [0.25, 0.3) is 0 Å². The van der Waals surface area contributed by atoms with Crippen LogP contribution in [0.2, 0.25) is 0 Å². The van der Waals surface area contributed by atoms with Gasteiger partial charge in [0.2, 0.25) is 5.91 Å². The van der Waals surface area contributed by atoms with E-state index in [1.807, 2.05) is 83.8 Å². The molecule has 1 aliphatic heterocycles. The van der Waals surface area contributed by atoms with Crippen LogP contribution in [0.3, 0.4) is 0 Å². The van der Waals surface area contributed by atoms with Crippen molar-refractivity contribution in [1.82, 2.24) is 0 Å². The van der Waals surface area contributed by atoms with Crippen LogP contribution in [-0.4, -0.2) is 5.91 Å². The van der Waals surface area contributed by atoms with Gasteiger partial charge in [0.05, 0.1) is 5.54 Å². The van der Waals surface area contributed by atoms with Crippen molar-refractivity contribution in [3.63, 3.8) is 0 Å². The Labute approximate surface area is 224 Å². The number of aryl methyl sites for hydroxylation is 1. The predicted octanol–water partition coefficient (Wildman–Crippen LogP) is 8.09. The number of ether oxygens (including phenoxy) is 1. The van der Waals surface area contributed by atoms with Crippen molar-refractivity contribution < 1.29 is 13.9 Å². The molecule has 0 bridgehead atoms. The maximum Gasteiger partial charge on any atom is 0.228 e. The average molecular weight is 508 g/mol. The van der Waals surface area contributed by atoms with E-state index in [1.165, 1.54) is 12.1 Å². The van der Waals surface area contributed by atoms with Crippen LogP contribution in [0.15, 0.2) is 109 Å². The third-order valence-corrected chi connectivity index (χ3v) is 7.80. The summed E-state index contributed by atoms with van der Waals surface area (Å²) in [4.78, 5) is 15.6. The van der Waals surface area contributed by atoms with Gasteiger partial charge >= 0.3 is 0 Å². The zero-order chi connectivity index (χ0) is 26.4. The van der Waals surface area contributed by atoms with Gasteiger partial charge in [-0.2, -0.15) is 0 Å². The molecule has 1 unspecified atom stereocenters. The van der Waals surface area contributed by atoms with E-state index in [9.17, 15) is 9.18 Å². The molecule has 3 nitrogen and oxygen atoms in total. The smallest absolute Gasteiger partial charge is 0.228 e. The third kappa shape index (κ3) is 5.50. The predicted molar refractivity (Wildman–Crippen MR) is 151 cm³/mol. The number of amides is 1. The van der Waals surface area contributed by atoms with Crippen molar-refractivity contribution in [3.05, 3.63) is 132 Å². The molecule has 0 radical (unpaired) electrons.